The molecule has 110 valence electrons. The number of amides is 1. The van der Waals surface area contributed by atoms with Crippen molar-refractivity contribution in [1.82, 2.24) is 0 Å². The van der Waals surface area contributed by atoms with Crippen molar-refractivity contribution < 1.29 is 18.3 Å². The molecule has 0 atom stereocenters. The number of carbonyl (C=O) groups excluding carboxylic acids is 1. The second kappa shape index (κ2) is 6.35. The van der Waals surface area contributed by atoms with Crippen molar-refractivity contribution in [1.29, 1.82) is 0 Å². The van der Waals surface area contributed by atoms with E-state index < -0.39 is 6.61 Å². The number of carbonyl (C=O) groups is 1. The average molecular weight is 291 g/mol. The first kappa shape index (κ1) is 15.0. The molecule has 0 aliphatic rings. The SMILES string of the molecule is Cc1ccc(C)c(NC(=O)c2cccc(OC(F)F)c2)c1. The fourth-order valence-corrected chi connectivity index (χ4v) is 1.88. The van der Waals surface area contributed by atoms with E-state index in [0.29, 0.717) is 5.69 Å². The molecule has 2 aromatic rings. The van der Waals surface area contributed by atoms with Crippen molar-refractivity contribution in [3.05, 3.63) is 59.2 Å². The maximum Gasteiger partial charge on any atom is 0.387 e. The summed E-state index contributed by atoms with van der Waals surface area (Å²) in [6, 6.07) is 11.4. The fourth-order valence-electron chi connectivity index (χ4n) is 1.88. The Balaban J connectivity index is 2.18. The standard InChI is InChI=1S/C16H15F2NO2/c1-10-6-7-11(2)14(8-10)19-15(20)12-4-3-5-13(9-12)21-16(17)18/h3-9,16H,1-2H3,(H,19,20). The van der Waals surface area contributed by atoms with E-state index in [0.717, 1.165) is 11.1 Å². The topological polar surface area (TPSA) is 38.3 Å². The highest BCUT2D eigenvalue weighted by Gasteiger charge is 2.11. The van der Waals surface area contributed by atoms with Gasteiger partial charge in [0, 0.05) is 11.3 Å². The zero-order valence-electron chi connectivity index (χ0n) is 11.7. The molecule has 0 radical (unpaired) electrons. The van der Waals surface area contributed by atoms with Crippen molar-refractivity contribution in [2.45, 2.75) is 20.5 Å². The Kier molecular flexibility index (Phi) is 4.52. The summed E-state index contributed by atoms with van der Waals surface area (Å²) in [5.41, 5.74) is 2.90. The van der Waals surface area contributed by atoms with Crippen LogP contribution in [-0.4, -0.2) is 12.5 Å². The summed E-state index contributed by atoms with van der Waals surface area (Å²) in [5, 5.41) is 2.77. The molecule has 1 N–H and O–H groups in total. The number of rotatable bonds is 4. The van der Waals surface area contributed by atoms with Crippen LogP contribution >= 0.6 is 0 Å². The van der Waals surface area contributed by atoms with Gasteiger partial charge in [-0.3, -0.25) is 4.79 Å². The van der Waals surface area contributed by atoms with Crippen molar-refractivity contribution >= 4 is 11.6 Å². The van der Waals surface area contributed by atoms with Crippen molar-refractivity contribution in [3.8, 4) is 5.75 Å². The Morgan fingerprint density at radius 1 is 1.14 bits per heavy atom. The summed E-state index contributed by atoms with van der Waals surface area (Å²) in [4.78, 5) is 12.2. The van der Waals surface area contributed by atoms with Crippen molar-refractivity contribution in [2.24, 2.45) is 0 Å². The van der Waals surface area contributed by atoms with E-state index in [-0.39, 0.29) is 17.2 Å². The Labute approximate surface area is 121 Å². The molecule has 0 heterocycles. The second-order valence-corrected chi connectivity index (χ2v) is 4.68. The van der Waals surface area contributed by atoms with Gasteiger partial charge in [-0.1, -0.05) is 18.2 Å². The molecular formula is C16H15F2NO2. The molecule has 0 aliphatic carbocycles. The van der Waals surface area contributed by atoms with E-state index in [1.54, 1.807) is 6.07 Å². The lowest BCUT2D eigenvalue weighted by atomic mass is 10.1. The van der Waals surface area contributed by atoms with Gasteiger partial charge in [0.15, 0.2) is 0 Å². The van der Waals surface area contributed by atoms with E-state index in [4.69, 9.17) is 0 Å². The Bertz CT molecular complexity index is 656. The number of halogens is 2. The van der Waals surface area contributed by atoms with Crippen LogP contribution in [0.4, 0.5) is 14.5 Å². The number of benzene rings is 2. The molecule has 2 rings (SSSR count). The number of hydrogen-bond acceptors (Lipinski definition) is 2. The Morgan fingerprint density at radius 3 is 2.62 bits per heavy atom. The van der Waals surface area contributed by atoms with E-state index in [2.05, 4.69) is 10.1 Å². The van der Waals surface area contributed by atoms with Gasteiger partial charge in [0.1, 0.15) is 5.75 Å². The van der Waals surface area contributed by atoms with Gasteiger partial charge in [-0.2, -0.15) is 8.78 Å². The number of nitrogens with one attached hydrogen (secondary N) is 1. The Hall–Kier alpha value is -2.43. The van der Waals surface area contributed by atoms with Crippen LogP contribution in [0, 0.1) is 13.8 Å². The molecule has 5 heteroatoms. The van der Waals surface area contributed by atoms with Gasteiger partial charge in [-0.05, 0) is 49.2 Å². The average Bonchev–Trinajstić information content (AvgIpc) is 2.42. The van der Waals surface area contributed by atoms with E-state index in [9.17, 15) is 13.6 Å². The molecule has 0 spiro atoms. The van der Waals surface area contributed by atoms with Gasteiger partial charge in [-0.25, -0.2) is 0 Å². The molecule has 21 heavy (non-hydrogen) atoms. The van der Waals surface area contributed by atoms with Crippen LogP contribution in [0.5, 0.6) is 5.75 Å². The van der Waals surface area contributed by atoms with E-state index in [1.165, 1.54) is 18.2 Å². The van der Waals surface area contributed by atoms with Crippen molar-refractivity contribution in [2.75, 3.05) is 5.32 Å². The molecule has 0 saturated carbocycles. The lowest BCUT2D eigenvalue weighted by Crippen LogP contribution is -2.13. The first-order valence-corrected chi connectivity index (χ1v) is 6.39. The smallest absolute Gasteiger partial charge is 0.387 e. The zero-order chi connectivity index (χ0) is 15.4. The third-order valence-electron chi connectivity index (χ3n) is 2.96. The molecule has 0 aromatic heterocycles. The van der Waals surface area contributed by atoms with Crippen molar-refractivity contribution in [3.63, 3.8) is 0 Å². The summed E-state index contributed by atoms with van der Waals surface area (Å²) in [6.07, 6.45) is 0. The van der Waals surface area contributed by atoms with Crippen LogP contribution in [0.25, 0.3) is 0 Å². The fraction of sp³-hybridized carbons (Fsp3) is 0.188. The quantitative estimate of drug-likeness (QED) is 0.918. The monoisotopic (exact) mass is 291 g/mol. The van der Waals surface area contributed by atoms with Gasteiger partial charge in [0.25, 0.3) is 5.91 Å². The third-order valence-corrected chi connectivity index (χ3v) is 2.96. The minimum absolute atomic E-state index is 0.0429. The predicted octanol–water partition coefficient (Wildman–Crippen LogP) is 4.16. The summed E-state index contributed by atoms with van der Waals surface area (Å²) in [7, 11) is 0. The molecule has 0 saturated heterocycles. The van der Waals surface area contributed by atoms with E-state index in [1.807, 2.05) is 32.0 Å². The van der Waals surface area contributed by atoms with Crippen LogP contribution in [0.15, 0.2) is 42.5 Å². The normalized spacial score (nSPS) is 10.5. The number of ether oxygens (including phenoxy) is 1. The molecule has 0 fully saturated rings. The van der Waals surface area contributed by atoms with Crippen LogP contribution in [0.1, 0.15) is 21.5 Å². The maximum absolute atomic E-state index is 12.2. The molecule has 0 aliphatic heterocycles. The molecule has 0 unspecified atom stereocenters. The molecule has 2 aromatic carbocycles. The lowest BCUT2D eigenvalue weighted by Gasteiger charge is -2.10. The summed E-state index contributed by atoms with van der Waals surface area (Å²) in [5.74, 6) is -0.415. The second-order valence-electron chi connectivity index (χ2n) is 4.68. The Morgan fingerprint density at radius 2 is 1.90 bits per heavy atom. The van der Waals surface area contributed by atoms with Gasteiger partial charge >= 0.3 is 6.61 Å². The number of hydrogen-bond donors (Lipinski definition) is 1. The minimum atomic E-state index is -2.91. The summed E-state index contributed by atoms with van der Waals surface area (Å²) >= 11 is 0. The molecular weight excluding hydrogens is 276 g/mol. The van der Waals surface area contributed by atoms with E-state index >= 15 is 0 Å². The first-order valence-electron chi connectivity index (χ1n) is 6.39. The highest BCUT2D eigenvalue weighted by Crippen LogP contribution is 2.20. The third kappa shape index (κ3) is 4.02. The predicted molar refractivity (Wildman–Crippen MR) is 76.9 cm³/mol. The van der Waals surface area contributed by atoms with Crippen LogP contribution in [0.3, 0.4) is 0 Å². The lowest BCUT2D eigenvalue weighted by molar-refractivity contribution is -0.0498. The molecule has 1 amide bonds. The first-order chi connectivity index (χ1) is 9.95. The molecule has 3 nitrogen and oxygen atoms in total. The number of alkyl halides is 2. The molecule has 0 bridgehead atoms. The zero-order valence-corrected chi connectivity index (χ0v) is 11.7. The van der Waals surface area contributed by atoms with Gasteiger partial charge in [0.05, 0.1) is 0 Å². The van der Waals surface area contributed by atoms with Gasteiger partial charge in [0.2, 0.25) is 0 Å². The minimum Gasteiger partial charge on any atom is -0.435 e. The van der Waals surface area contributed by atoms with Gasteiger partial charge in [-0.15, -0.1) is 0 Å². The van der Waals surface area contributed by atoms with Gasteiger partial charge < -0.3 is 10.1 Å². The maximum atomic E-state index is 12.2. The van der Waals surface area contributed by atoms with Crippen LogP contribution < -0.4 is 10.1 Å². The largest absolute Gasteiger partial charge is 0.435 e. The highest BCUT2D eigenvalue weighted by atomic mass is 19.3. The summed E-state index contributed by atoms with van der Waals surface area (Å²) < 4.78 is 28.6. The van der Waals surface area contributed by atoms with Crippen LogP contribution in [0.2, 0.25) is 0 Å². The number of anilines is 1. The summed E-state index contributed by atoms with van der Waals surface area (Å²) in [6.45, 7) is 0.889. The number of aryl methyl sites for hydroxylation is 2. The van der Waals surface area contributed by atoms with Crippen LogP contribution in [-0.2, 0) is 0 Å². The highest BCUT2D eigenvalue weighted by molar-refractivity contribution is 6.04.